The summed E-state index contributed by atoms with van der Waals surface area (Å²) in [5, 5.41) is 3.44. The van der Waals surface area contributed by atoms with Crippen molar-refractivity contribution in [2.45, 2.75) is 19.1 Å². The Morgan fingerprint density at radius 3 is 2.61 bits per heavy atom. The largest absolute Gasteiger partial charge is 0.435 e. The topological polar surface area (TPSA) is 56.7 Å². The average Bonchev–Trinajstić information content (AvgIpc) is 2.78. The van der Waals surface area contributed by atoms with Crippen molar-refractivity contribution in [2.75, 3.05) is 0 Å². The Labute approximate surface area is 101 Å². The monoisotopic (exact) mass is 256 g/mol. The summed E-state index contributed by atoms with van der Waals surface area (Å²) in [6.45, 7) is 1.78. The van der Waals surface area contributed by atoms with E-state index in [9.17, 15) is 13.2 Å². The first-order valence-corrected chi connectivity index (χ1v) is 5.22. The highest BCUT2D eigenvalue weighted by Crippen LogP contribution is 2.27. The lowest BCUT2D eigenvalue weighted by molar-refractivity contribution is -0.141. The van der Waals surface area contributed by atoms with Crippen molar-refractivity contribution in [3.8, 4) is 5.82 Å². The van der Waals surface area contributed by atoms with E-state index >= 15 is 0 Å². The fraction of sp³-hybridized carbons (Fsp3) is 0.273. The van der Waals surface area contributed by atoms with Crippen LogP contribution in [0.3, 0.4) is 0 Å². The zero-order valence-electron chi connectivity index (χ0n) is 9.52. The second kappa shape index (κ2) is 4.41. The van der Waals surface area contributed by atoms with Gasteiger partial charge in [0.1, 0.15) is 0 Å². The molecule has 0 amide bonds. The summed E-state index contributed by atoms with van der Waals surface area (Å²) in [5.41, 5.74) is 5.53. The van der Waals surface area contributed by atoms with E-state index in [-0.39, 0.29) is 6.04 Å². The maximum atomic E-state index is 12.4. The molecule has 0 fully saturated rings. The maximum absolute atomic E-state index is 12.4. The van der Waals surface area contributed by atoms with Crippen molar-refractivity contribution >= 4 is 0 Å². The van der Waals surface area contributed by atoms with Gasteiger partial charge in [0, 0.05) is 18.4 Å². The van der Waals surface area contributed by atoms with E-state index in [0.29, 0.717) is 5.82 Å². The molecule has 18 heavy (non-hydrogen) atoms. The van der Waals surface area contributed by atoms with Gasteiger partial charge in [-0.05, 0) is 30.7 Å². The van der Waals surface area contributed by atoms with E-state index in [4.69, 9.17) is 5.73 Å². The van der Waals surface area contributed by atoms with E-state index in [2.05, 4.69) is 10.1 Å². The van der Waals surface area contributed by atoms with E-state index in [0.717, 1.165) is 16.3 Å². The fourth-order valence-electron chi connectivity index (χ4n) is 1.45. The van der Waals surface area contributed by atoms with E-state index in [1.807, 2.05) is 0 Å². The van der Waals surface area contributed by atoms with Crippen LogP contribution in [-0.4, -0.2) is 14.8 Å². The van der Waals surface area contributed by atoms with Crippen LogP contribution in [0.15, 0.2) is 30.6 Å². The van der Waals surface area contributed by atoms with Gasteiger partial charge in [0.15, 0.2) is 11.5 Å². The summed E-state index contributed by atoms with van der Waals surface area (Å²) in [6.07, 6.45) is -1.75. The third-order valence-corrected chi connectivity index (χ3v) is 2.41. The van der Waals surface area contributed by atoms with Gasteiger partial charge in [-0.2, -0.15) is 18.3 Å². The number of alkyl halides is 3. The van der Waals surface area contributed by atoms with Gasteiger partial charge in [0.25, 0.3) is 0 Å². The van der Waals surface area contributed by atoms with Gasteiger partial charge >= 0.3 is 6.18 Å². The highest BCUT2D eigenvalue weighted by atomic mass is 19.4. The van der Waals surface area contributed by atoms with Crippen molar-refractivity contribution < 1.29 is 13.2 Å². The number of aromatic nitrogens is 3. The van der Waals surface area contributed by atoms with Gasteiger partial charge < -0.3 is 5.73 Å². The molecule has 0 aliphatic carbocycles. The number of nitrogens with zero attached hydrogens (tertiary/aromatic N) is 3. The van der Waals surface area contributed by atoms with E-state index in [1.165, 1.54) is 12.4 Å². The average molecular weight is 256 g/mol. The highest BCUT2D eigenvalue weighted by molar-refractivity contribution is 5.29. The zero-order valence-corrected chi connectivity index (χ0v) is 9.52. The Kier molecular flexibility index (Phi) is 3.08. The molecule has 96 valence electrons. The maximum Gasteiger partial charge on any atom is 0.435 e. The Balaban J connectivity index is 2.37. The SMILES string of the molecule is C[C@H](N)c1ccnc(-n2ccc(C(F)(F)F)n2)c1. The molecule has 2 aromatic heterocycles. The van der Waals surface area contributed by atoms with Crippen LogP contribution < -0.4 is 5.73 Å². The predicted octanol–water partition coefficient (Wildman–Crippen LogP) is 2.31. The lowest BCUT2D eigenvalue weighted by Gasteiger charge is -2.07. The van der Waals surface area contributed by atoms with Crippen LogP contribution >= 0.6 is 0 Å². The molecule has 2 aromatic rings. The number of pyridine rings is 1. The fourth-order valence-corrected chi connectivity index (χ4v) is 1.45. The van der Waals surface area contributed by atoms with Crippen LogP contribution in [0.2, 0.25) is 0 Å². The molecule has 2 rings (SSSR count). The van der Waals surface area contributed by atoms with Gasteiger partial charge in [-0.3, -0.25) is 0 Å². The van der Waals surface area contributed by atoms with Crippen LogP contribution in [-0.2, 0) is 6.18 Å². The van der Waals surface area contributed by atoms with Crippen LogP contribution in [0.5, 0.6) is 0 Å². The molecule has 0 spiro atoms. The molecule has 0 aromatic carbocycles. The Bertz CT molecular complexity index is 545. The standard InChI is InChI=1S/C11H11F3N4/c1-7(15)8-2-4-16-10(6-8)18-5-3-9(17-18)11(12,13)14/h2-7H,15H2,1H3/t7-/m0/s1. The molecule has 1 atom stereocenters. The Morgan fingerprint density at radius 1 is 1.33 bits per heavy atom. The number of hydrogen-bond donors (Lipinski definition) is 1. The molecule has 0 saturated heterocycles. The number of rotatable bonds is 2. The summed E-state index contributed by atoms with van der Waals surface area (Å²) in [7, 11) is 0. The van der Waals surface area contributed by atoms with Crippen molar-refractivity contribution in [2.24, 2.45) is 5.73 Å². The number of hydrogen-bond acceptors (Lipinski definition) is 3. The second-order valence-corrected chi connectivity index (χ2v) is 3.88. The molecule has 2 N–H and O–H groups in total. The first-order chi connectivity index (χ1) is 8.38. The predicted molar refractivity (Wildman–Crippen MR) is 59.0 cm³/mol. The number of nitrogens with two attached hydrogens (primary N) is 1. The molecule has 0 radical (unpaired) electrons. The van der Waals surface area contributed by atoms with Gasteiger partial charge in [-0.25, -0.2) is 9.67 Å². The van der Waals surface area contributed by atoms with Crippen LogP contribution in [0.25, 0.3) is 5.82 Å². The normalized spacial score (nSPS) is 13.6. The summed E-state index contributed by atoms with van der Waals surface area (Å²) >= 11 is 0. The first kappa shape index (κ1) is 12.6. The summed E-state index contributed by atoms with van der Waals surface area (Å²) < 4.78 is 38.3. The van der Waals surface area contributed by atoms with Gasteiger partial charge in [0.2, 0.25) is 0 Å². The van der Waals surface area contributed by atoms with Gasteiger partial charge in [-0.15, -0.1) is 0 Å². The summed E-state index contributed by atoms with van der Waals surface area (Å²) in [5.74, 6) is 0.306. The third kappa shape index (κ3) is 2.51. The zero-order chi connectivity index (χ0) is 13.3. The van der Waals surface area contributed by atoms with Gasteiger partial charge in [-0.1, -0.05) is 0 Å². The van der Waals surface area contributed by atoms with Crippen molar-refractivity contribution in [1.29, 1.82) is 0 Å². The van der Waals surface area contributed by atoms with Crippen LogP contribution in [0.4, 0.5) is 13.2 Å². The molecule has 7 heteroatoms. The lowest BCUT2D eigenvalue weighted by Crippen LogP contribution is -2.09. The molecule has 0 unspecified atom stereocenters. The summed E-state index contributed by atoms with van der Waals surface area (Å²) in [6, 6.07) is 4.00. The number of halogens is 3. The first-order valence-electron chi connectivity index (χ1n) is 5.22. The van der Waals surface area contributed by atoms with Crippen molar-refractivity contribution in [3.05, 3.63) is 41.9 Å². The highest BCUT2D eigenvalue weighted by Gasteiger charge is 2.33. The van der Waals surface area contributed by atoms with Crippen LogP contribution in [0, 0.1) is 0 Å². The third-order valence-electron chi connectivity index (χ3n) is 2.41. The quantitative estimate of drug-likeness (QED) is 0.897. The molecule has 0 bridgehead atoms. The minimum Gasteiger partial charge on any atom is -0.324 e. The summed E-state index contributed by atoms with van der Waals surface area (Å²) in [4.78, 5) is 3.96. The molecular formula is C11H11F3N4. The van der Waals surface area contributed by atoms with Gasteiger partial charge in [0.05, 0.1) is 0 Å². The molecule has 2 heterocycles. The second-order valence-electron chi connectivity index (χ2n) is 3.88. The minimum absolute atomic E-state index is 0.218. The molecule has 0 aliphatic rings. The molecule has 0 saturated carbocycles. The van der Waals surface area contributed by atoms with Crippen molar-refractivity contribution in [1.82, 2.24) is 14.8 Å². The minimum atomic E-state index is -4.45. The molecular weight excluding hydrogens is 245 g/mol. The van der Waals surface area contributed by atoms with Crippen LogP contribution in [0.1, 0.15) is 24.2 Å². The lowest BCUT2D eigenvalue weighted by atomic mass is 10.1. The van der Waals surface area contributed by atoms with E-state index in [1.54, 1.807) is 19.1 Å². The molecule has 4 nitrogen and oxygen atoms in total. The molecule has 0 aliphatic heterocycles. The van der Waals surface area contributed by atoms with Crippen molar-refractivity contribution in [3.63, 3.8) is 0 Å². The van der Waals surface area contributed by atoms with E-state index < -0.39 is 11.9 Å². The Morgan fingerprint density at radius 2 is 2.06 bits per heavy atom. The Hall–Kier alpha value is -1.89. The smallest absolute Gasteiger partial charge is 0.324 e.